The summed E-state index contributed by atoms with van der Waals surface area (Å²) >= 11 is 0. The van der Waals surface area contributed by atoms with Crippen LogP contribution in [-0.2, 0) is 0 Å². The van der Waals surface area contributed by atoms with Gasteiger partial charge in [0.2, 0.25) is 0 Å². The van der Waals surface area contributed by atoms with E-state index >= 15 is 0 Å². The Morgan fingerprint density at radius 3 is 0.607 bits per heavy atom. The minimum atomic E-state index is 1.09. The van der Waals surface area contributed by atoms with E-state index in [0.717, 1.165) is 34.1 Å². The van der Waals surface area contributed by atoms with Crippen LogP contribution in [0.4, 0.5) is 34.1 Å². The van der Waals surface area contributed by atoms with E-state index < -0.39 is 0 Å². The zero-order chi connectivity index (χ0) is 55.8. The molecular weight excluding hydrogens is 1010 g/mol. The third-order valence-electron chi connectivity index (χ3n) is 16.6. The van der Waals surface area contributed by atoms with Gasteiger partial charge in [-0.2, -0.15) is 0 Å². The van der Waals surface area contributed by atoms with Gasteiger partial charge in [-0.1, -0.05) is 267 Å². The van der Waals surface area contributed by atoms with Gasteiger partial charge in [0.15, 0.2) is 0 Å². The fourth-order valence-electron chi connectivity index (χ4n) is 12.8. The van der Waals surface area contributed by atoms with Crippen LogP contribution in [0.5, 0.6) is 0 Å². The number of benzene rings is 15. The second-order valence-electron chi connectivity index (χ2n) is 21.5. The summed E-state index contributed by atoms with van der Waals surface area (Å²) in [6.45, 7) is 0. The highest BCUT2D eigenvalue weighted by molar-refractivity contribution is 6.23. The quantitative estimate of drug-likeness (QED) is 0.113. The van der Waals surface area contributed by atoms with Crippen molar-refractivity contribution in [1.82, 2.24) is 0 Å². The Balaban J connectivity index is 0.797. The molecule has 0 heterocycles. The molecule has 15 aromatic carbocycles. The predicted molar refractivity (Wildman–Crippen MR) is 358 cm³/mol. The molecular formula is C82H56N2. The first-order valence-corrected chi connectivity index (χ1v) is 28.9. The summed E-state index contributed by atoms with van der Waals surface area (Å²) in [5.74, 6) is 0. The monoisotopic (exact) mass is 1070 g/mol. The Kier molecular flexibility index (Phi) is 12.9. The fraction of sp³-hybridized carbons (Fsp3) is 0. The van der Waals surface area contributed by atoms with E-state index in [2.05, 4.69) is 350 Å². The Hall–Kier alpha value is -11.1. The highest BCUT2D eigenvalue weighted by Crippen LogP contribution is 2.48. The SMILES string of the molecule is c1ccc(-c2cccc(N(c3ccccc3)c3ccc(-c4c5ccccc5c(-c5ccc(-c6c7ccccc7c(-c7ccc(N(c8ccccc8)c8cccc(-c9ccccc9)c8)cc7)c7ccccc67)cc5)c5ccccc45)cc3)c2)cc1. The van der Waals surface area contributed by atoms with E-state index in [1.54, 1.807) is 0 Å². The van der Waals surface area contributed by atoms with Crippen molar-refractivity contribution >= 4 is 77.2 Å². The Morgan fingerprint density at radius 2 is 0.333 bits per heavy atom. The summed E-state index contributed by atoms with van der Waals surface area (Å²) in [6, 6.07) is 124. The molecule has 0 saturated carbocycles. The van der Waals surface area contributed by atoms with Gasteiger partial charge < -0.3 is 9.80 Å². The zero-order valence-corrected chi connectivity index (χ0v) is 46.2. The van der Waals surface area contributed by atoms with Crippen molar-refractivity contribution < 1.29 is 0 Å². The van der Waals surface area contributed by atoms with Crippen LogP contribution in [0.3, 0.4) is 0 Å². The van der Waals surface area contributed by atoms with Gasteiger partial charge in [-0.3, -0.25) is 0 Å². The minimum absolute atomic E-state index is 1.09. The lowest BCUT2D eigenvalue weighted by Crippen LogP contribution is -2.09. The zero-order valence-electron chi connectivity index (χ0n) is 46.2. The molecule has 0 aliphatic rings. The van der Waals surface area contributed by atoms with Gasteiger partial charge in [-0.25, -0.2) is 0 Å². The van der Waals surface area contributed by atoms with Crippen molar-refractivity contribution in [2.45, 2.75) is 0 Å². The van der Waals surface area contributed by atoms with Crippen LogP contribution in [0.25, 0.3) is 110 Å². The van der Waals surface area contributed by atoms with Gasteiger partial charge >= 0.3 is 0 Å². The van der Waals surface area contributed by atoms with E-state index in [4.69, 9.17) is 0 Å². The molecule has 0 bridgehead atoms. The van der Waals surface area contributed by atoms with Crippen LogP contribution in [0.1, 0.15) is 0 Å². The molecule has 0 atom stereocenters. The first-order chi connectivity index (χ1) is 41.7. The third-order valence-corrected chi connectivity index (χ3v) is 16.6. The largest absolute Gasteiger partial charge is 0.310 e. The Bertz CT molecular complexity index is 4420. The van der Waals surface area contributed by atoms with Crippen molar-refractivity contribution in [3.8, 4) is 66.8 Å². The van der Waals surface area contributed by atoms with Gasteiger partial charge in [0.25, 0.3) is 0 Å². The number of fused-ring (bicyclic) bond motifs is 4. The molecule has 0 aliphatic heterocycles. The number of rotatable bonds is 12. The fourth-order valence-corrected chi connectivity index (χ4v) is 12.8. The van der Waals surface area contributed by atoms with E-state index in [1.165, 1.54) is 110 Å². The molecule has 2 nitrogen and oxygen atoms in total. The first kappa shape index (κ1) is 49.9. The molecule has 0 aliphatic carbocycles. The lowest BCUT2D eigenvalue weighted by atomic mass is 9.84. The van der Waals surface area contributed by atoms with Crippen molar-refractivity contribution in [2.75, 3.05) is 9.80 Å². The van der Waals surface area contributed by atoms with Crippen LogP contribution in [0.15, 0.2) is 340 Å². The molecule has 0 saturated heterocycles. The van der Waals surface area contributed by atoms with Crippen molar-refractivity contribution in [1.29, 1.82) is 0 Å². The summed E-state index contributed by atoms with van der Waals surface area (Å²) in [6.07, 6.45) is 0. The third kappa shape index (κ3) is 9.13. The van der Waals surface area contributed by atoms with E-state index in [0.29, 0.717) is 0 Å². The van der Waals surface area contributed by atoms with Gasteiger partial charge in [0.05, 0.1) is 0 Å². The smallest absolute Gasteiger partial charge is 0.0467 e. The van der Waals surface area contributed by atoms with E-state index in [-0.39, 0.29) is 0 Å². The topological polar surface area (TPSA) is 6.48 Å². The standard InChI is InChI=1S/C82H56N2/c1-5-23-57(24-6-1)63-27-21-33-69(55-63)83(65-29-9-3-10-30-65)67-51-47-61(48-52-67)81-75-39-17-13-35-71(75)79(72-36-14-18-40-76(72)81)59-43-45-60(46-44-59)80-73-37-15-19-41-77(73)82(78-42-20-16-38-74(78)80)62-49-53-68(54-50-62)84(66-31-11-4-12-32-66)70-34-22-28-64(56-70)58-25-7-2-8-26-58/h1-56H. The average molecular weight is 1070 g/mol. The van der Waals surface area contributed by atoms with Crippen LogP contribution in [-0.4, -0.2) is 0 Å². The van der Waals surface area contributed by atoms with Crippen LogP contribution in [0.2, 0.25) is 0 Å². The first-order valence-electron chi connectivity index (χ1n) is 28.9. The van der Waals surface area contributed by atoms with Gasteiger partial charge in [0, 0.05) is 34.1 Å². The van der Waals surface area contributed by atoms with E-state index in [9.17, 15) is 0 Å². The molecule has 0 radical (unpaired) electrons. The maximum Gasteiger partial charge on any atom is 0.0467 e. The van der Waals surface area contributed by atoms with Gasteiger partial charge in [-0.15, -0.1) is 0 Å². The molecule has 0 N–H and O–H groups in total. The maximum atomic E-state index is 2.35. The lowest BCUT2D eigenvalue weighted by Gasteiger charge is -2.26. The number of hydrogen-bond acceptors (Lipinski definition) is 2. The molecule has 0 spiro atoms. The van der Waals surface area contributed by atoms with Crippen LogP contribution >= 0.6 is 0 Å². The molecule has 394 valence electrons. The second-order valence-corrected chi connectivity index (χ2v) is 21.5. The molecule has 0 fully saturated rings. The van der Waals surface area contributed by atoms with Gasteiger partial charge in [0.1, 0.15) is 0 Å². The molecule has 0 unspecified atom stereocenters. The predicted octanol–water partition coefficient (Wildman–Crippen LogP) is 23.2. The van der Waals surface area contributed by atoms with E-state index in [1.807, 2.05) is 0 Å². The summed E-state index contributed by atoms with van der Waals surface area (Å²) < 4.78 is 0. The number of hydrogen-bond donors (Lipinski definition) is 0. The molecule has 0 aromatic heterocycles. The second kappa shape index (κ2) is 21.8. The summed E-state index contributed by atoms with van der Waals surface area (Å²) in [7, 11) is 0. The summed E-state index contributed by atoms with van der Waals surface area (Å²) in [4.78, 5) is 4.71. The highest BCUT2D eigenvalue weighted by atomic mass is 15.1. The molecule has 84 heavy (non-hydrogen) atoms. The Labute approximate surface area is 490 Å². The number of nitrogens with zero attached hydrogens (tertiary/aromatic N) is 2. The van der Waals surface area contributed by atoms with Crippen LogP contribution in [0, 0.1) is 0 Å². The van der Waals surface area contributed by atoms with Crippen molar-refractivity contribution in [3.05, 3.63) is 340 Å². The molecule has 15 rings (SSSR count). The highest BCUT2D eigenvalue weighted by Gasteiger charge is 2.22. The normalized spacial score (nSPS) is 11.3. The van der Waals surface area contributed by atoms with Crippen molar-refractivity contribution in [3.63, 3.8) is 0 Å². The summed E-state index contributed by atoms with van der Waals surface area (Å²) in [5.41, 5.74) is 21.1. The lowest BCUT2D eigenvalue weighted by molar-refractivity contribution is 1.28. The Morgan fingerprint density at radius 1 is 0.131 bits per heavy atom. The molecule has 2 heteroatoms. The molecule has 0 amide bonds. The minimum Gasteiger partial charge on any atom is -0.310 e. The number of anilines is 6. The number of para-hydroxylation sites is 2. The summed E-state index contributed by atoms with van der Waals surface area (Å²) in [5, 5.41) is 9.81. The van der Waals surface area contributed by atoms with Gasteiger partial charge in [-0.05, 0) is 183 Å². The van der Waals surface area contributed by atoms with Crippen LogP contribution < -0.4 is 9.80 Å². The molecule has 15 aromatic rings. The average Bonchev–Trinajstić information content (AvgIpc) is 2.10. The maximum absolute atomic E-state index is 2.35. The van der Waals surface area contributed by atoms with Crippen molar-refractivity contribution in [2.24, 2.45) is 0 Å².